The molecule has 0 aliphatic heterocycles. The van der Waals surface area contributed by atoms with Gasteiger partial charge in [-0.2, -0.15) is 0 Å². The summed E-state index contributed by atoms with van der Waals surface area (Å²) in [5.74, 6) is -0.360. The number of pyridine rings is 1. The van der Waals surface area contributed by atoms with Gasteiger partial charge in [-0.15, -0.1) is 22.7 Å². The van der Waals surface area contributed by atoms with Crippen molar-refractivity contribution in [2.45, 2.75) is 19.8 Å². The molecule has 0 saturated heterocycles. The highest BCUT2D eigenvalue weighted by Crippen LogP contribution is 2.27. The number of thiophene rings is 1. The van der Waals surface area contributed by atoms with Gasteiger partial charge in [0.25, 0.3) is 0 Å². The fraction of sp³-hybridized carbons (Fsp3) is 0.235. The Hall–Kier alpha value is -2.05. The molecular formula is C17H16N2O2S2. The standard InChI is InChI=1S/C17H16N2O2S2/c1-12-5-2-6-13(18-12)7-3-9-21-17(20)14-11-23-16(19-14)15-8-4-10-22-15/h2,4-6,8,10-11H,3,7,9H2,1H3. The fourth-order valence-electron chi connectivity index (χ4n) is 2.11. The lowest BCUT2D eigenvalue weighted by Crippen LogP contribution is -2.07. The van der Waals surface area contributed by atoms with Crippen molar-refractivity contribution in [1.29, 1.82) is 0 Å². The summed E-state index contributed by atoms with van der Waals surface area (Å²) in [7, 11) is 0. The van der Waals surface area contributed by atoms with Gasteiger partial charge in [0.15, 0.2) is 5.69 Å². The van der Waals surface area contributed by atoms with Crippen LogP contribution >= 0.6 is 22.7 Å². The lowest BCUT2D eigenvalue weighted by molar-refractivity contribution is 0.0494. The van der Waals surface area contributed by atoms with Gasteiger partial charge in [-0.3, -0.25) is 4.98 Å². The molecule has 0 saturated carbocycles. The van der Waals surface area contributed by atoms with Crippen LogP contribution in [-0.2, 0) is 11.2 Å². The molecule has 0 radical (unpaired) electrons. The molecule has 0 N–H and O–H groups in total. The summed E-state index contributed by atoms with van der Waals surface area (Å²) in [5.41, 5.74) is 2.41. The second-order valence-corrected chi connectivity index (χ2v) is 6.83. The Bertz CT molecular complexity index is 782. The Morgan fingerprint density at radius 1 is 1.17 bits per heavy atom. The van der Waals surface area contributed by atoms with E-state index >= 15 is 0 Å². The number of carbonyl (C=O) groups excluding carboxylic acids is 1. The highest BCUT2D eigenvalue weighted by Gasteiger charge is 2.13. The lowest BCUT2D eigenvalue weighted by atomic mass is 10.2. The second kappa shape index (κ2) is 7.48. The number of ether oxygens (including phenoxy) is 1. The first kappa shape index (κ1) is 15.8. The van der Waals surface area contributed by atoms with E-state index in [1.807, 2.05) is 42.6 Å². The van der Waals surface area contributed by atoms with E-state index in [1.54, 1.807) is 16.7 Å². The van der Waals surface area contributed by atoms with E-state index in [9.17, 15) is 4.79 Å². The number of hydrogen-bond donors (Lipinski definition) is 0. The minimum atomic E-state index is -0.360. The number of esters is 1. The average molecular weight is 344 g/mol. The van der Waals surface area contributed by atoms with E-state index in [-0.39, 0.29) is 5.97 Å². The van der Waals surface area contributed by atoms with Crippen LogP contribution in [0.4, 0.5) is 0 Å². The molecule has 0 aliphatic carbocycles. The first-order valence-electron chi connectivity index (χ1n) is 7.31. The van der Waals surface area contributed by atoms with Crippen LogP contribution in [0.15, 0.2) is 41.1 Å². The van der Waals surface area contributed by atoms with E-state index < -0.39 is 0 Å². The molecule has 6 heteroatoms. The van der Waals surface area contributed by atoms with E-state index in [4.69, 9.17) is 4.74 Å². The van der Waals surface area contributed by atoms with E-state index in [0.29, 0.717) is 12.3 Å². The van der Waals surface area contributed by atoms with Gasteiger partial charge < -0.3 is 4.74 Å². The molecule has 3 rings (SSSR count). The zero-order valence-corrected chi connectivity index (χ0v) is 14.3. The third-order valence-corrected chi connectivity index (χ3v) is 5.08. The molecule has 0 aromatic carbocycles. The predicted octanol–water partition coefficient (Wildman–Crippen LogP) is 4.36. The molecule has 0 spiro atoms. The monoisotopic (exact) mass is 344 g/mol. The van der Waals surface area contributed by atoms with Crippen molar-refractivity contribution >= 4 is 28.6 Å². The third kappa shape index (κ3) is 4.24. The fourth-order valence-corrected chi connectivity index (χ4v) is 3.72. The molecule has 3 heterocycles. The number of aryl methyl sites for hydroxylation is 2. The molecular weight excluding hydrogens is 328 g/mol. The Balaban J connectivity index is 1.48. The predicted molar refractivity (Wildman–Crippen MR) is 93.0 cm³/mol. The molecule has 0 atom stereocenters. The zero-order chi connectivity index (χ0) is 16.1. The van der Waals surface area contributed by atoms with Gasteiger partial charge in [-0.05, 0) is 43.3 Å². The van der Waals surface area contributed by atoms with E-state index in [1.165, 1.54) is 11.3 Å². The summed E-state index contributed by atoms with van der Waals surface area (Å²) in [6.45, 7) is 2.34. The maximum atomic E-state index is 12.0. The van der Waals surface area contributed by atoms with Crippen molar-refractivity contribution in [1.82, 2.24) is 9.97 Å². The van der Waals surface area contributed by atoms with Crippen molar-refractivity contribution in [2.24, 2.45) is 0 Å². The Morgan fingerprint density at radius 3 is 2.87 bits per heavy atom. The summed E-state index contributed by atoms with van der Waals surface area (Å²) in [6, 6.07) is 9.91. The number of rotatable bonds is 6. The SMILES string of the molecule is Cc1cccc(CCCOC(=O)c2csc(-c3cccs3)n2)n1. The van der Waals surface area contributed by atoms with Crippen LogP contribution in [0.5, 0.6) is 0 Å². The van der Waals surface area contributed by atoms with Crippen molar-refractivity contribution in [2.75, 3.05) is 6.61 Å². The third-order valence-electron chi connectivity index (χ3n) is 3.20. The molecule has 0 aliphatic rings. The molecule has 0 fully saturated rings. The van der Waals surface area contributed by atoms with E-state index in [0.717, 1.165) is 34.1 Å². The van der Waals surface area contributed by atoms with Gasteiger partial charge in [0.2, 0.25) is 0 Å². The quantitative estimate of drug-likeness (QED) is 0.492. The van der Waals surface area contributed by atoms with Crippen LogP contribution in [0.3, 0.4) is 0 Å². The Labute approximate surface area is 142 Å². The molecule has 23 heavy (non-hydrogen) atoms. The van der Waals surface area contributed by atoms with Crippen LogP contribution in [0, 0.1) is 6.92 Å². The topological polar surface area (TPSA) is 52.1 Å². The molecule has 3 aromatic rings. The summed E-state index contributed by atoms with van der Waals surface area (Å²) >= 11 is 3.07. The van der Waals surface area contributed by atoms with Crippen LogP contribution in [0.25, 0.3) is 9.88 Å². The summed E-state index contributed by atoms with van der Waals surface area (Å²) in [6.07, 6.45) is 1.55. The minimum absolute atomic E-state index is 0.360. The van der Waals surface area contributed by atoms with Gasteiger partial charge in [0.1, 0.15) is 5.01 Å². The number of thiazole rings is 1. The van der Waals surface area contributed by atoms with Crippen LogP contribution in [-0.4, -0.2) is 22.5 Å². The maximum absolute atomic E-state index is 12.0. The molecule has 118 valence electrons. The smallest absolute Gasteiger partial charge is 0.357 e. The summed E-state index contributed by atoms with van der Waals surface area (Å²) in [4.78, 5) is 21.8. The first-order chi connectivity index (χ1) is 11.2. The minimum Gasteiger partial charge on any atom is -0.461 e. The van der Waals surface area contributed by atoms with Gasteiger partial charge >= 0.3 is 5.97 Å². The summed E-state index contributed by atoms with van der Waals surface area (Å²) in [5, 5.41) is 4.60. The van der Waals surface area contributed by atoms with Crippen molar-refractivity contribution < 1.29 is 9.53 Å². The van der Waals surface area contributed by atoms with Gasteiger partial charge in [-0.1, -0.05) is 12.1 Å². The largest absolute Gasteiger partial charge is 0.461 e. The van der Waals surface area contributed by atoms with Gasteiger partial charge in [0, 0.05) is 16.8 Å². The number of aromatic nitrogens is 2. The number of hydrogen-bond acceptors (Lipinski definition) is 6. The number of nitrogens with zero attached hydrogens (tertiary/aromatic N) is 2. The van der Waals surface area contributed by atoms with Gasteiger partial charge in [0.05, 0.1) is 11.5 Å². The van der Waals surface area contributed by atoms with E-state index in [2.05, 4.69) is 9.97 Å². The number of carbonyl (C=O) groups is 1. The van der Waals surface area contributed by atoms with Crippen molar-refractivity contribution in [3.8, 4) is 9.88 Å². The molecule has 0 unspecified atom stereocenters. The Kier molecular flexibility index (Phi) is 5.15. The van der Waals surface area contributed by atoms with Crippen LogP contribution < -0.4 is 0 Å². The molecule has 0 amide bonds. The Morgan fingerprint density at radius 2 is 2.09 bits per heavy atom. The van der Waals surface area contributed by atoms with Crippen LogP contribution in [0.2, 0.25) is 0 Å². The first-order valence-corrected chi connectivity index (χ1v) is 9.07. The highest BCUT2D eigenvalue weighted by molar-refractivity contribution is 7.20. The van der Waals surface area contributed by atoms with Gasteiger partial charge in [-0.25, -0.2) is 9.78 Å². The van der Waals surface area contributed by atoms with Crippen LogP contribution in [0.1, 0.15) is 28.3 Å². The second-order valence-electron chi connectivity index (χ2n) is 5.02. The maximum Gasteiger partial charge on any atom is 0.357 e. The van der Waals surface area contributed by atoms with Crippen molar-refractivity contribution in [3.63, 3.8) is 0 Å². The molecule has 0 bridgehead atoms. The summed E-state index contributed by atoms with van der Waals surface area (Å²) < 4.78 is 5.29. The highest BCUT2D eigenvalue weighted by atomic mass is 32.1. The van der Waals surface area contributed by atoms with Crippen molar-refractivity contribution in [3.05, 3.63) is 58.2 Å². The molecule has 3 aromatic heterocycles. The normalized spacial score (nSPS) is 10.7. The lowest BCUT2D eigenvalue weighted by Gasteiger charge is -2.03. The zero-order valence-electron chi connectivity index (χ0n) is 12.7. The average Bonchev–Trinajstić information content (AvgIpc) is 3.21. The molecule has 4 nitrogen and oxygen atoms in total.